The highest BCUT2D eigenvalue weighted by atomic mass is 15.4. The van der Waals surface area contributed by atoms with Gasteiger partial charge in [0.15, 0.2) is 17.5 Å². The topological polar surface area (TPSA) is 103 Å². The van der Waals surface area contributed by atoms with E-state index in [-0.39, 0.29) is 5.54 Å². The Morgan fingerprint density at radius 3 is 2.90 bits per heavy atom. The Hall–Kier alpha value is -3.69. The van der Waals surface area contributed by atoms with Crippen LogP contribution in [0, 0.1) is 0 Å². The van der Waals surface area contributed by atoms with Gasteiger partial charge < -0.3 is 4.90 Å². The molecular formula is C19H18N10. The van der Waals surface area contributed by atoms with Gasteiger partial charge >= 0.3 is 0 Å². The molecule has 1 fully saturated rings. The minimum Gasteiger partial charge on any atom is -0.342 e. The zero-order chi connectivity index (χ0) is 19.4. The summed E-state index contributed by atoms with van der Waals surface area (Å²) in [6.07, 6.45) is 15.2. The Morgan fingerprint density at radius 2 is 2.03 bits per heavy atom. The second-order valence-electron chi connectivity index (χ2n) is 7.26. The molecule has 10 nitrogen and oxygen atoms in total. The Morgan fingerprint density at radius 1 is 1.07 bits per heavy atom. The monoisotopic (exact) mass is 386 g/mol. The van der Waals surface area contributed by atoms with Gasteiger partial charge in [0.05, 0.1) is 12.4 Å². The van der Waals surface area contributed by atoms with Crippen LogP contribution in [0.1, 0.15) is 32.0 Å². The average Bonchev–Trinajstić information content (AvgIpc) is 3.53. The van der Waals surface area contributed by atoms with Gasteiger partial charge in [-0.05, 0) is 19.3 Å². The van der Waals surface area contributed by atoms with E-state index in [1.165, 1.54) is 0 Å². The van der Waals surface area contributed by atoms with Crippen molar-refractivity contribution in [2.24, 2.45) is 0 Å². The summed E-state index contributed by atoms with van der Waals surface area (Å²) in [7, 11) is 0. The van der Waals surface area contributed by atoms with Crippen LogP contribution in [-0.2, 0) is 5.54 Å². The van der Waals surface area contributed by atoms with Crippen molar-refractivity contribution in [2.75, 3.05) is 11.4 Å². The van der Waals surface area contributed by atoms with E-state index in [9.17, 15) is 0 Å². The second-order valence-corrected chi connectivity index (χ2v) is 7.26. The first kappa shape index (κ1) is 16.3. The molecule has 4 aromatic heterocycles. The molecule has 1 saturated heterocycles. The fraction of sp³-hybridized carbons (Fsp3) is 0.316. The van der Waals surface area contributed by atoms with E-state index in [0.717, 1.165) is 43.1 Å². The van der Waals surface area contributed by atoms with Gasteiger partial charge in [-0.15, -0.1) is 10.2 Å². The largest absolute Gasteiger partial charge is 0.342 e. The highest BCUT2D eigenvalue weighted by Crippen LogP contribution is 2.48. The van der Waals surface area contributed by atoms with Crippen LogP contribution in [0.5, 0.6) is 0 Å². The average molecular weight is 386 g/mol. The summed E-state index contributed by atoms with van der Waals surface area (Å²) >= 11 is 0. The number of nitrogens with zero attached hydrogens (tertiary/aromatic N) is 10. The van der Waals surface area contributed by atoms with Gasteiger partial charge in [0.2, 0.25) is 5.95 Å². The third-order valence-electron chi connectivity index (χ3n) is 5.94. The number of hydrogen-bond acceptors (Lipinski definition) is 8. The van der Waals surface area contributed by atoms with Gasteiger partial charge in [0.25, 0.3) is 0 Å². The van der Waals surface area contributed by atoms with Crippen LogP contribution in [-0.4, -0.2) is 50.8 Å². The van der Waals surface area contributed by atoms with Gasteiger partial charge in [0, 0.05) is 31.3 Å². The SMILES string of the molecule is CC[C@@]12CCCN1c1nc(-n3ccnc3-c3cnccn3)ncc1-n1cnnc12. The molecule has 0 saturated carbocycles. The third-order valence-corrected chi connectivity index (χ3v) is 5.94. The van der Waals surface area contributed by atoms with Gasteiger partial charge in [-0.2, -0.15) is 4.98 Å². The first-order valence-corrected chi connectivity index (χ1v) is 9.67. The van der Waals surface area contributed by atoms with Gasteiger partial charge in [-0.1, -0.05) is 6.92 Å². The van der Waals surface area contributed by atoms with Crippen molar-refractivity contribution in [3.8, 4) is 23.2 Å². The molecule has 0 radical (unpaired) electrons. The van der Waals surface area contributed by atoms with E-state index < -0.39 is 0 Å². The van der Waals surface area contributed by atoms with E-state index in [0.29, 0.717) is 17.5 Å². The first-order chi connectivity index (χ1) is 14.3. The molecule has 2 aliphatic heterocycles. The molecule has 0 aliphatic carbocycles. The highest BCUT2D eigenvalue weighted by molar-refractivity contribution is 5.65. The van der Waals surface area contributed by atoms with Crippen LogP contribution in [0.25, 0.3) is 23.2 Å². The van der Waals surface area contributed by atoms with Gasteiger partial charge in [-0.25, -0.2) is 15.0 Å². The van der Waals surface area contributed by atoms with E-state index >= 15 is 0 Å². The lowest BCUT2D eigenvalue weighted by Crippen LogP contribution is -2.46. The van der Waals surface area contributed by atoms with Crippen LogP contribution < -0.4 is 4.90 Å². The number of fused-ring (bicyclic) bond motifs is 6. The quantitative estimate of drug-likeness (QED) is 0.526. The number of imidazole rings is 1. The third kappa shape index (κ3) is 2.13. The maximum atomic E-state index is 4.97. The van der Waals surface area contributed by atoms with E-state index in [2.05, 4.69) is 42.0 Å². The highest BCUT2D eigenvalue weighted by Gasteiger charge is 2.49. The number of hydrogen-bond donors (Lipinski definition) is 0. The van der Waals surface area contributed by atoms with Crippen molar-refractivity contribution in [3.05, 3.63) is 49.3 Å². The van der Waals surface area contributed by atoms with E-state index in [1.54, 1.807) is 31.1 Å². The van der Waals surface area contributed by atoms with Crippen molar-refractivity contribution in [1.29, 1.82) is 0 Å². The lowest BCUT2D eigenvalue weighted by atomic mass is 9.90. The Balaban J connectivity index is 1.54. The predicted molar refractivity (Wildman–Crippen MR) is 104 cm³/mol. The fourth-order valence-corrected chi connectivity index (χ4v) is 4.59. The molecule has 29 heavy (non-hydrogen) atoms. The first-order valence-electron chi connectivity index (χ1n) is 9.67. The molecule has 0 amide bonds. The molecule has 2 aliphatic rings. The van der Waals surface area contributed by atoms with Crippen LogP contribution in [0.15, 0.2) is 43.5 Å². The summed E-state index contributed by atoms with van der Waals surface area (Å²) in [5.41, 5.74) is 1.41. The molecule has 0 spiro atoms. The summed E-state index contributed by atoms with van der Waals surface area (Å²) in [4.78, 5) is 24.9. The zero-order valence-electron chi connectivity index (χ0n) is 15.8. The van der Waals surface area contributed by atoms with Crippen molar-refractivity contribution in [3.63, 3.8) is 0 Å². The Kier molecular flexibility index (Phi) is 3.31. The maximum absolute atomic E-state index is 4.97. The number of rotatable bonds is 3. The summed E-state index contributed by atoms with van der Waals surface area (Å²) in [5, 5.41) is 8.64. The molecule has 10 heteroatoms. The van der Waals surface area contributed by atoms with E-state index in [1.807, 2.05) is 21.5 Å². The maximum Gasteiger partial charge on any atom is 0.237 e. The standard InChI is InChI=1S/C19H18N10/c1-2-19-4-3-8-29(19)16-14(28-12-24-26-17(19)28)11-23-18(25-16)27-9-7-22-15(27)13-10-20-5-6-21-13/h5-7,9-12H,2-4,8H2,1H3/t19-/m0/s1. The van der Waals surface area contributed by atoms with Crippen molar-refractivity contribution in [2.45, 2.75) is 31.7 Å². The van der Waals surface area contributed by atoms with Crippen molar-refractivity contribution in [1.82, 2.24) is 44.3 Å². The molecule has 6 rings (SSSR count). The van der Waals surface area contributed by atoms with Gasteiger partial charge in [-0.3, -0.25) is 14.1 Å². The number of aromatic nitrogens is 9. The molecular weight excluding hydrogens is 368 g/mol. The smallest absolute Gasteiger partial charge is 0.237 e. The molecule has 0 unspecified atom stereocenters. The van der Waals surface area contributed by atoms with E-state index in [4.69, 9.17) is 4.98 Å². The Labute approximate surface area is 166 Å². The van der Waals surface area contributed by atoms with Crippen LogP contribution in [0.4, 0.5) is 5.82 Å². The molecule has 6 heterocycles. The fourth-order valence-electron chi connectivity index (χ4n) is 4.59. The zero-order valence-corrected chi connectivity index (χ0v) is 15.8. The summed E-state index contributed by atoms with van der Waals surface area (Å²) in [6, 6.07) is 0. The lowest BCUT2D eigenvalue weighted by Gasteiger charge is -2.42. The molecule has 1 atom stereocenters. The van der Waals surface area contributed by atoms with Crippen LogP contribution in [0.2, 0.25) is 0 Å². The molecule has 144 valence electrons. The van der Waals surface area contributed by atoms with Crippen LogP contribution >= 0.6 is 0 Å². The van der Waals surface area contributed by atoms with Crippen molar-refractivity contribution < 1.29 is 0 Å². The predicted octanol–water partition coefficient (Wildman–Crippen LogP) is 1.92. The Bertz CT molecular complexity index is 1200. The van der Waals surface area contributed by atoms with Crippen molar-refractivity contribution >= 4 is 5.82 Å². The molecule has 0 N–H and O–H groups in total. The number of anilines is 1. The minimum atomic E-state index is -0.169. The van der Waals surface area contributed by atoms with Crippen LogP contribution in [0.3, 0.4) is 0 Å². The summed E-state index contributed by atoms with van der Waals surface area (Å²) < 4.78 is 3.87. The minimum absolute atomic E-state index is 0.169. The normalized spacial score (nSPS) is 19.7. The lowest BCUT2D eigenvalue weighted by molar-refractivity contribution is 0.382. The molecule has 0 bridgehead atoms. The summed E-state index contributed by atoms with van der Waals surface area (Å²) in [6.45, 7) is 3.14. The molecule has 0 aromatic carbocycles. The molecule has 4 aromatic rings. The summed E-state index contributed by atoms with van der Waals surface area (Å²) in [5.74, 6) is 3.09. The second kappa shape index (κ2) is 5.90. The van der Waals surface area contributed by atoms with Gasteiger partial charge in [0.1, 0.15) is 23.2 Å².